The zero-order valence-corrected chi connectivity index (χ0v) is 7.58. The first kappa shape index (κ1) is 10.2. The van der Waals surface area contributed by atoms with Crippen LogP contribution in [-0.2, 0) is 0 Å². The first-order chi connectivity index (χ1) is 4.10. The maximum atomic E-state index is 9.24. The lowest BCUT2D eigenvalue weighted by atomic mass is 9.76. The van der Waals surface area contributed by atoms with E-state index in [2.05, 4.69) is 13.8 Å². The molecule has 1 unspecified atom stereocenters. The van der Waals surface area contributed by atoms with Gasteiger partial charge in [0.25, 0.3) is 0 Å². The van der Waals surface area contributed by atoms with Gasteiger partial charge >= 0.3 is 0 Å². The van der Waals surface area contributed by atoms with Crippen LogP contribution in [0.3, 0.4) is 0 Å². The highest BCUT2D eigenvalue weighted by atomic mass is 35.5. The van der Waals surface area contributed by atoms with Crippen molar-refractivity contribution in [2.75, 3.05) is 0 Å². The summed E-state index contributed by atoms with van der Waals surface area (Å²) in [7, 11) is 0. The summed E-state index contributed by atoms with van der Waals surface area (Å²) in [4.78, 5) is 0. The maximum absolute atomic E-state index is 9.24. The van der Waals surface area contributed by atoms with Crippen molar-refractivity contribution in [3.63, 3.8) is 0 Å². The SMILES string of the molecule is CC1(C)CCCC(O)C1.Cl. The van der Waals surface area contributed by atoms with Crippen molar-refractivity contribution >= 4 is 12.4 Å². The molecule has 0 bridgehead atoms. The lowest BCUT2D eigenvalue weighted by molar-refractivity contribution is 0.0663. The lowest BCUT2D eigenvalue weighted by Crippen LogP contribution is -2.25. The molecule has 0 aromatic carbocycles. The zero-order valence-electron chi connectivity index (χ0n) is 6.76. The number of hydrogen-bond donors (Lipinski definition) is 1. The number of aliphatic hydroxyl groups is 1. The van der Waals surface area contributed by atoms with E-state index >= 15 is 0 Å². The van der Waals surface area contributed by atoms with Crippen LogP contribution in [0.5, 0.6) is 0 Å². The topological polar surface area (TPSA) is 20.2 Å². The minimum atomic E-state index is -0.0197. The Morgan fingerprint density at radius 2 is 2.00 bits per heavy atom. The Labute approximate surface area is 69.2 Å². The van der Waals surface area contributed by atoms with E-state index in [0.29, 0.717) is 5.41 Å². The average molecular weight is 165 g/mol. The van der Waals surface area contributed by atoms with Crippen LogP contribution >= 0.6 is 12.4 Å². The molecule has 1 atom stereocenters. The number of rotatable bonds is 0. The largest absolute Gasteiger partial charge is 0.393 e. The minimum absolute atomic E-state index is 0. The predicted octanol–water partition coefficient (Wildman–Crippen LogP) is 2.37. The quantitative estimate of drug-likeness (QED) is 0.583. The number of halogens is 1. The van der Waals surface area contributed by atoms with Crippen LogP contribution in [0.1, 0.15) is 39.5 Å². The highest BCUT2D eigenvalue weighted by molar-refractivity contribution is 5.85. The van der Waals surface area contributed by atoms with Crippen LogP contribution in [-0.4, -0.2) is 11.2 Å². The highest BCUT2D eigenvalue weighted by Crippen LogP contribution is 2.34. The van der Waals surface area contributed by atoms with Gasteiger partial charge in [-0.1, -0.05) is 20.3 Å². The van der Waals surface area contributed by atoms with Crippen LogP contribution in [0.4, 0.5) is 0 Å². The fourth-order valence-electron chi connectivity index (χ4n) is 1.66. The molecule has 10 heavy (non-hydrogen) atoms. The van der Waals surface area contributed by atoms with Crippen LogP contribution in [0, 0.1) is 5.41 Å². The molecule has 1 rings (SSSR count). The van der Waals surface area contributed by atoms with Gasteiger partial charge in [-0.2, -0.15) is 0 Å². The van der Waals surface area contributed by atoms with Crippen molar-refractivity contribution in [2.45, 2.75) is 45.6 Å². The maximum Gasteiger partial charge on any atom is 0.0545 e. The summed E-state index contributed by atoms with van der Waals surface area (Å²) in [6, 6.07) is 0. The van der Waals surface area contributed by atoms with Gasteiger partial charge in [0.2, 0.25) is 0 Å². The second-order valence-electron chi connectivity index (χ2n) is 3.91. The number of aliphatic hydroxyl groups excluding tert-OH is 1. The van der Waals surface area contributed by atoms with Gasteiger partial charge in [0, 0.05) is 0 Å². The third-order valence-corrected chi connectivity index (χ3v) is 2.18. The molecule has 1 aliphatic rings. The van der Waals surface area contributed by atoms with Crippen molar-refractivity contribution in [1.82, 2.24) is 0 Å². The molecule has 62 valence electrons. The molecule has 1 nitrogen and oxygen atoms in total. The highest BCUT2D eigenvalue weighted by Gasteiger charge is 2.26. The van der Waals surface area contributed by atoms with E-state index in [1.54, 1.807) is 0 Å². The van der Waals surface area contributed by atoms with E-state index in [1.807, 2.05) is 0 Å². The van der Waals surface area contributed by atoms with Crippen molar-refractivity contribution in [1.29, 1.82) is 0 Å². The molecule has 0 aromatic rings. The summed E-state index contributed by atoms with van der Waals surface area (Å²) in [6.45, 7) is 4.46. The van der Waals surface area contributed by atoms with Crippen LogP contribution in [0.15, 0.2) is 0 Å². The number of hydrogen-bond acceptors (Lipinski definition) is 1. The minimum Gasteiger partial charge on any atom is -0.393 e. The van der Waals surface area contributed by atoms with Crippen molar-refractivity contribution in [3.8, 4) is 0 Å². The molecular weight excluding hydrogens is 148 g/mol. The molecule has 0 spiro atoms. The standard InChI is InChI=1S/C8H16O.ClH/c1-8(2)5-3-4-7(9)6-8;/h7,9H,3-6H2,1-2H3;1H. The predicted molar refractivity (Wildman–Crippen MR) is 45.5 cm³/mol. The molecule has 0 radical (unpaired) electrons. The molecule has 1 N–H and O–H groups in total. The fourth-order valence-corrected chi connectivity index (χ4v) is 1.66. The van der Waals surface area contributed by atoms with E-state index in [1.165, 1.54) is 12.8 Å². The third kappa shape index (κ3) is 2.89. The van der Waals surface area contributed by atoms with Crippen molar-refractivity contribution < 1.29 is 5.11 Å². The average Bonchev–Trinajstić information content (AvgIpc) is 1.60. The first-order valence-electron chi connectivity index (χ1n) is 3.78. The molecule has 0 amide bonds. The molecular formula is C8H17ClO. The monoisotopic (exact) mass is 164 g/mol. The van der Waals surface area contributed by atoms with Gasteiger partial charge in [-0.25, -0.2) is 0 Å². The van der Waals surface area contributed by atoms with E-state index in [9.17, 15) is 5.11 Å². The Morgan fingerprint density at radius 1 is 1.40 bits per heavy atom. The summed E-state index contributed by atoms with van der Waals surface area (Å²) in [5, 5.41) is 9.24. The van der Waals surface area contributed by atoms with E-state index in [0.717, 1.165) is 12.8 Å². The Kier molecular flexibility index (Phi) is 3.68. The Bertz CT molecular complexity index is 101. The second-order valence-corrected chi connectivity index (χ2v) is 3.91. The van der Waals surface area contributed by atoms with Crippen LogP contribution < -0.4 is 0 Å². The Balaban J connectivity index is 0.000000810. The van der Waals surface area contributed by atoms with Crippen LogP contribution in [0.2, 0.25) is 0 Å². The van der Waals surface area contributed by atoms with E-state index < -0.39 is 0 Å². The Morgan fingerprint density at radius 3 is 2.30 bits per heavy atom. The van der Waals surface area contributed by atoms with E-state index in [4.69, 9.17) is 0 Å². The fraction of sp³-hybridized carbons (Fsp3) is 1.00. The summed E-state index contributed by atoms with van der Waals surface area (Å²) in [6.07, 6.45) is 4.48. The van der Waals surface area contributed by atoms with Crippen LogP contribution in [0.25, 0.3) is 0 Å². The molecule has 0 saturated heterocycles. The van der Waals surface area contributed by atoms with Gasteiger partial charge < -0.3 is 5.11 Å². The van der Waals surface area contributed by atoms with Crippen molar-refractivity contribution in [3.05, 3.63) is 0 Å². The van der Waals surface area contributed by atoms with Crippen molar-refractivity contribution in [2.24, 2.45) is 5.41 Å². The second kappa shape index (κ2) is 3.59. The summed E-state index contributed by atoms with van der Waals surface area (Å²) in [5.41, 5.74) is 0.400. The first-order valence-corrected chi connectivity index (χ1v) is 3.78. The lowest BCUT2D eigenvalue weighted by Gasteiger charge is -2.32. The molecule has 0 aromatic heterocycles. The molecule has 1 fully saturated rings. The van der Waals surface area contributed by atoms with Gasteiger partial charge in [-0.3, -0.25) is 0 Å². The summed E-state index contributed by atoms with van der Waals surface area (Å²) < 4.78 is 0. The normalized spacial score (nSPS) is 30.9. The van der Waals surface area contributed by atoms with Gasteiger partial charge in [0.1, 0.15) is 0 Å². The summed E-state index contributed by atoms with van der Waals surface area (Å²) >= 11 is 0. The molecule has 2 heteroatoms. The third-order valence-electron chi connectivity index (χ3n) is 2.18. The summed E-state index contributed by atoms with van der Waals surface area (Å²) in [5.74, 6) is 0. The zero-order chi connectivity index (χ0) is 6.91. The molecule has 1 aliphatic carbocycles. The van der Waals surface area contributed by atoms with Gasteiger partial charge in [0.05, 0.1) is 6.10 Å². The smallest absolute Gasteiger partial charge is 0.0545 e. The van der Waals surface area contributed by atoms with E-state index in [-0.39, 0.29) is 18.5 Å². The molecule has 0 heterocycles. The Hall–Kier alpha value is 0.250. The van der Waals surface area contributed by atoms with Gasteiger partial charge in [-0.15, -0.1) is 12.4 Å². The van der Waals surface area contributed by atoms with Gasteiger partial charge in [-0.05, 0) is 24.7 Å². The molecule has 0 aliphatic heterocycles. The van der Waals surface area contributed by atoms with Gasteiger partial charge in [0.15, 0.2) is 0 Å². The molecule has 1 saturated carbocycles.